The van der Waals surface area contributed by atoms with E-state index in [0.29, 0.717) is 11.5 Å². The summed E-state index contributed by atoms with van der Waals surface area (Å²) in [5.41, 5.74) is 0.869. The standard InChI is InChI=1S/C22H25F3O/c1-2-3-4-15-9-11-22(26,12-10-15)18-7-5-16(6-8-18)17-13-19(23)21(25)20(24)14-17/h5-8,13-15,26H,2-4,9-12H2,1H3. The number of hydrogen-bond acceptors (Lipinski definition) is 1. The third-order valence-electron chi connectivity index (χ3n) is 5.64. The first kappa shape index (κ1) is 19.0. The van der Waals surface area contributed by atoms with Crippen molar-refractivity contribution in [3.05, 3.63) is 59.4 Å². The highest BCUT2D eigenvalue weighted by Gasteiger charge is 2.34. The fourth-order valence-corrected chi connectivity index (χ4v) is 3.92. The maximum atomic E-state index is 13.4. The van der Waals surface area contributed by atoms with Gasteiger partial charge in [0.1, 0.15) is 0 Å². The predicted octanol–water partition coefficient (Wildman–Crippen LogP) is 6.34. The van der Waals surface area contributed by atoms with Gasteiger partial charge in [-0.2, -0.15) is 0 Å². The molecule has 0 saturated heterocycles. The molecule has 4 heteroatoms. The fraction of sp³-hybridized carbons (Fsp3) is 0.455. The van der Waals surface area contributed by atoms with Crippen LogP contribution in [0.15, 0.2) is 36.4 Å². The molecule has 0 bridgehead atoms. The fourth-order valence-electron chi connectivity index (χ4n) is 3.92. The Hall–Kier alpha value is -1.81. The number of benzene rings is 2. The van der Waals surface area contributed by atoms with Gasteiger partial charge in [0.15, 0.2) is 17.5 Å². The molecule has 1 aliphatic rings. The van der Waals surface area contributed by atoms with E-state index in [9.17, 15) is 18.3 Å². The van der Waals surface area contributed by atoms with Crippen molar-refractivity contribution in [3.63, 3.8) is 0 Å². The van der Waals surface area contributed by atoms with Crippen LogP contribution in [-0.2, 0) is 5.60 Å². The molecule has 1 N–H and O–H groups in total. The number of halogens is 3. The van der Waals surface area contributed by atoms with Gasteiger partial charge in [-0.25, -0.2) is 13.2 Å². The number of hydrogen-bond donors (Lipinski definition) is 1. The van der Waals surface area contributed by atoms with Crippen LogP contribution in [0, 0.1) is 23.4 Å². The summed E-state index contributed by atoms with van der Waals surface area (Å²) in [4.78, 5) is 0. The van der Waals surface area contributed by atoms with Gasteiger partial charge in [0.2, 0.25) is 0 Å². The molecule has 0 aliphatic heterocycles. The van der Waals surface area contributed by atoms with Crippen molar-refractivity contribution in [1.82, 2.24) is 0 Å². The molecule has 1 fully saturated rings. The maximum Gasteiger partial charge on any atom is 0.194 e. The highest BCUT2D eigenvalue weighted by Crippen LogP contribution is 2.41. The van der Waals surface area contributed by atoms with E-state index < -0.39 is 23.1 Å². The molecule has 2 aromatic carbocycles. The molecule has 26 heavy (non-hydrogen) atoms. The Morgan fingerprint density at radius 3 is 2.08 bits per heavy atom. The van der Waals surface area contributed by atoms with Crippen molar-refractivity contribution in [3.8, 4) is 11.1 Å². The van der Waals surface area contributed by atoms with E-state index >= 15 is 0 Å². The summed E-state index contributed by atoms with van der Waals surface area (Å²) >= 11 is 0. The van der Waals surface area contributed by atoms with E-state index in [4.69, 9.17) is 0 Å². The van der Waals surface area contributed by atoms with Crippen LogP contribution in [0.1, 0.15) is 57.4 Å². The van der Waals surface area contributed by atoms with Crippen LogP contribution >= 0.6 is 0 Å². The molecule has 140 valence electrons. The van der Waals surface area contributed by atoms with Crippen LogP contribution in [0.4, 0.5) is 13.2 Å². The normalized spacial score (nSPS) is 23.2. The van der Waals surface area contributed by atoms with Crippen molar-refractivity contribution in [2.75, 3.05) is 0 Å². The molecular formula is C22H25F3O. The molecule has 1 nitrogen and oxygen atoms in total. The second kappa shape index (κ2) is 7.83. The maximum absolute atomic E-state index is 13.4. The molecule has 2 aromatic rings. The van der Waals surface area contributed by atoms with Gasteiger partial charge in [0.25, 0.3) is 0 Å². The Labute approximate surface area is 152 Å². The molecule has 0 heterocycles. The zero-order valence-electron chi connectivity index (χ0n) is 15.1. The van der Waals surface area contributed by atoms with Crippen LogP contribution in [0.3, 0.4) is 0 Å². The Morgan fingerprint density at radius 1 is 0.962 bits per heavy atom. The highest BCUT2D eigenvalue weighted by atomic mass is 19.2. The summed E-state index contributed by atoms with van der Waals surface area (Å²) in [7, 11) is 0. The number of unbranched alkanes of at least 4 members (excludes halogenated alkanes) is 1. The van der Waals surface area contributed by atoms with Gasteiger partial charge in [0, 0.05) is 0 Å². The second-order valence-electron chi connectivity index (χ2n) is 7.45. The Balaban J connectivity index is 1.74. The molecule has 0 unspecified atom stereocenters. The van der Waals surface area contributed by atoms with Crippen molar-refractivity contribution >= 4 is 0 Å². The van der Waals surface area contributed by atoms with Gasteiger partial charge in [-0.1, -0.05) is 50.5 Å². The lowest BCUT2D eigenvalue weighted by Gasteiger charge is -2.36. The number of rotatable bonds is 5. The van der Waals surface area contributed by atoms with Crippen LogP contribution in [0.2, 0.25) is 0 Å². The largest absolute Gasteiger partial charge is 0.385 e. The first-order valence-electron chi connectivity index (χ1n) is 9.41. The molecule has 1 aliphatic carbocycles. The van der Waals surface area contributed by atoms with E-state index in [2.05, 4.69) is 6.92 Å². The Kier molecular flexibility index (Phi) is 5.71. The van der Waals surface area contributed by atoms with Gasteiger partial charge in [-0.3, -0.25) is 0 Å². The minimum atomic E-state index is -1.46. The average molecular weight is 362 g/mol. The van der Waals surface area contributed by atoms with Gasteiger partial charge in [0.05, 0.1) is 5.60 Å². The minimum Gasteiger partial charge on any atom is -0.385 e. The van der Waals surface area contributed by atoms with E-state index in [-0.39, 0.29) is 5.56 Å². The summed E-state index contributed by atoms with van der Waals surface area (Å²) in [5, 5.41) is 11.0. The zero-order chi connectivity index (χ0) is 18.7. The lowest BCUT2D eigenvalue weighted by molar-refractivity contribution is -0.0153. The molecule has 0 amide bonds. The SMILES string of the molecule is CCCCC1CCC(O)(c2ccc(-c3cc(F)c(F)c(F)c3)cc2)CC1. The van der Waals surface area contributed by atoms with Gasteiger partial charge in [-0.05, 0) is 60.4 Å². The number of aliphatic hydroxyl groups is 1. The third kappa shape index (κ3) is 3.96. The van der Waals surface area contributed by atoms with Crippen LogP contribution in [-0.4, -0.2) is 5.11 Å². The molecule has 1 saturated carbocycles. The van der Waals surface area contributed by atoms with Gasteiger partial charge in [-0.15, -0.1) is 0 Å². The van der Waals surface area contributed by atoms with Crippen LogP contribution < -0.4 is 0 Å². The lowest BCUT2D eigenvalue weighted by Crippen LogP contribution is -2.31. The molecular weight excluding hydrogens is 337 g/mol. The van der Waals surface area contributed by atoms with Crippen molar-refractivity contribution in [2.45, 2.75) is 57.5 Å². The lowest BCUT2D eigenvalue weighted by atomic mass is 9.74. The van der Waals surface area contributed by atoms with Gasteiger partial charge < -0.3 is 5.11 Å². The summed E-state index contributed by atoms with van der Waals surface area (Å²) in [6.45, 7) is 2.19. The molecule has 0 spiro atoms. The third-order valence-corrected chi connectivity index (χ3v) is 5.64. The van der Waals surface area contributed by atoms with E-state index in [0.717, 1.165) is 43.4 Å². The van der Waals surface area contributed by atoms with Crippen LogP contribution in [0.25, 0.3) is 11.1 Å². The molecule has 0 atom stereocenters. The van der Waals surface area contributed by atoms with E-state index in [1.807, 2.05) is 0 Å². The Bertz CT molecular complexity index is 723. The average Bonchev–Trinajstić information content (AvgIpc) is 2.65. The van der Waals surface area contributed by atoms with Gasteiger partial charge >= 0.3 is 0 Å². The second-order valence-corrected chi connectivity index (χ2v) is 7.45. The minimum absolute atomic E-state index is 0.281. The van der Waals surface area contributed by atoms with E-state index in [1.165, 1.54) is 19.3 Å². The molecule has 3 rings (SSSR count). The zero-order valence-corrected chi connectivity index (χ0v) is 15.1. The first-order valence-corrected chi connectivity index (χ1v) is 9.41. The quantitative estimate of drug-likeness (QED) is 0.615. The molecule has 0 radical (unpaired) electrons. The predicted molar refractivity (Wildman–Crippen MR) is 97.1 cm³/mol. The van der Waals surface area contributed by atoms with Crippen LogP contribution in [0.5, 0.6) is 0 Å². The van der Waals surface area contributed by atoms with E-state index in [1.54, 1.807) is 24.3 Å². The summed E-state index contributed by atoms with van der Waals surface area (Å²) in [5.74, 6) is -3.17. The van der Waals surface area contributed by atoms with Crippen molar-refractivity contribution < 1.29 is 18.3 Å². The highest BCUT2D eigenvalue weighted by molar-refractivity contribution is 5.64. The first-order chi connectivity index (χ1) is 12.4. The smallest absolute Gasteiger partial charge is 0.194 e. The van der Waals surface area contributed by atoms with Crippen molar-refractivity contribution in [1.29, 1.82) is 0 Å². The molecule has 0 aromatic heterocycles. The topological polar surface area (TPSA) is 20.2 Å². The summed E-state index contributed by atoms with van der Waals surface area (Å²) in [6, 6.07) is 9.04. The summed E-state index contributed by atoms with van der Waals surface area (Å²) in [6.07, 6.45) is 7.18. The summed E-state index contributed by atoms with van der Waals surface area (Å²) < 4.78 is 40.0. The van der Waals surface area contributed by atoms with Crippen molar-refractivity contribution in [2.24, 2.45) is 5.92 Å². The Morgan fingerprint density at radius 2 is 1.54 bits per heavy atom. The monoisotopic (exact) mass is 362 g/mol.